The fourth-order valence-electron chi connectivity index (χ4n) is 3.37. The van der Waals surface area contributed by atoms with Crippen molar-refractivity contribution >= 4 is 38.6 Å². The highest BCUT2D eigenvalue weighted by Gasteiger charge is 2.33. The second-order valence-electron chi connectivity index (χ2n) is 7.31. The third kappa shape index (κ3) is 3.68. The minimum atomic E-state index is -3.67. The van der Waals surface area contributed by atoms with Crippen molar-refractivity contribution < 1.29 is 17.6 Å². The summed E-state index contributed by atoms with van der Waals surface area (Å²) in [6, 6.07) is 11.0. The Kier molecular flexibility index (Phi) is 5.07. The zero-order valence-electron chi connectivity index (χ0n) is 16.8. The SMILES string of the molecule is CC[C@H](C)[C@H](N=C1NS(=O)(=O)c2ccccc21)C(=O)Nc1ccc2nc(C)oc2c1. The number of hydrogen-bond donors (Lipinski definition) is 2. The Morgan fingerprint density at radius 2 is 2.03 bits per heavy atom. The number of amidine groups is 1. The molecule has 0 radical (unpaired) electrons. The summed E-state index contributed by atoms with van der Waals surface area (Å²) >= 11 is 0. The van der Waals surface area contributed by atoms with E-state index in [1.807, 2.05) is 13.8 Å². The van der Waals surface area contributed by atoms with Crippen molar-refractivity contribution in [1.29, 1.82) is 0 Å². The first-order valence-corrected chi connectivity index (χ1v) is 11.1. The molecule has 1 amide bonds. The molecule has 0 unspecified atom stereocenters. The molecule has 1 aromatic heterocycles. The number of aliphatic imine (C=N–C) groups is 1. The number of carbonyl (C=O) groups is 1. The monoisotopic (exact) mass is 426 g/mol. The molecule has 0 fully saturated rings. The van der Waals surface area contributed by atoms with E-state index in [0.29, 0.717) is 34.7 Å². The Hall–Kier alpha value is -3.20. The minimum absolute atomic E-state index is 0.106. The van der Waals surface area contributed by atoms with Crippen molar-refractivity contribution in [2.24, 2.45) is 10.9 Å². The molecular formula is C21H22N4O4S. The Morgan fingerprint density at radius 1 is 1.27 bits per heavy atom. The van der Waals surface area contributed by atoms with Gasteiger partial charge in [-0.1, -0.05) is 32.4 Å². The Labute approximate surface area is 174 Å². The number of aromatic nitrogens is 1. The maximum absolute atomic E-state index is 13.1. The van der Waals surface area contributed by atoms with Crippen LogP contribution in [0, 0.1) is 12.8 Å². The van der Waals surface area contributed by atoms with Gasteiger partial charge >= 0.3 is 0 Å². The number of nitrogens with zero attached hydrogens (tertiary/aromatic N) is 2. The van der Waals surface area contributed by atoms with E-state index in [2.05, 4.69) is 20.0 Å². The number of benzene rings is 2. The number of carbonyl (C=O) groups excluding carboxylic acids is 1. The molecule has 9 heteroatoms. The summed E-state index contributed by atoms with van der Waals surface area (Å²) in [5, 5.41) is 2.87. The molecule has 30 heavy (non-hydrogen) atoms. The zero-order chi connectivity index (χ0) is 21.5. The van der Waals surface area contributed by atoms with Gasteiger partial charge in [-0.2, -0.15) is 0 Å². The number of oxazole rings is 1. The van der Waals surface area contributed by atoms with Gasteiger partial charge in [-0.25, -0.2) is 13.4 Å². The van der Waals surface area contributed by atoms with E-state index >= 15 is 0 Å². The van der Waals surface area contributed by atoms with Crippen LogP contribution in [0.1, 0.15) is 31.7 Å². The number of anilines is 1. The largest absolute Gasteiger partial charge is 0.441 e. The molecule has 156 valence electrons. The van der Waals surface area contributed by atoms with Gasteiger partial charge in [0.1, 0.15) is 17.4 Å². The normalized spacial score (nSPS) is 18.0. The molecule has 0 spiro atoms. The topological polar surface area (TPSA) is 114 Å². The molecule has 2 heterocycles. The second kappa shape index (κ2) is 7.56. The third-order valence-electron chi connectivity index (χ3n) is 5.15. The first kappa shape index (κ1) is 20.1. The average Bonchev–Trinajstić information content (AvgIpc) is 3.21. The molecule has 3 aromatic rings. The number of nitrogens with one attached hydrogen (secondary N) is 2. The van der Waals surface area contributed by atoms with Gasteiger partial charge in [0.25, 0.3) is 10.0 Å². The predicted molar refractivity (Wildman–Crippen MR) is 114 cm³/mol. The lowest BCUT2D eigenvalue weighted by Crippen LogP contribution is -2.34. The van der Waals surface area contributed by atoms with Crippen LogP contribution >= 0.6 is 0 Å². The lowest BCUT2D eigenvalue weighted by atomic mass is 9.98. The van der Waals surface area contributed by atoms with Crippen LogP contribution in [0.5, 0.6) is 0 Å². The smallest absolute Gasteiger partial charge is 0.263 e. The Bertz CT molecular complexity index is 1260. The molecule has 0 aliphatic carbocycles. The summed E-state index contributed by atoms with van der Waals surface area (Å²) < 4.78 is 32.7. The molecule has 0 saturated carbocycles. The van der Waals surface area contributed by atoms with Crippen LogP contribution in [0.15, 0.2) is 56.8 Å². The van der Waals surface area contributed by atoms with E-state index in [0.717, 1.165) is 0 Å². The predicted octanol–water partition coefficient (Wildman–Crippen LogP) is 3.23. The van der Waals surface area contributed by atoms with Gasteiger partial charge < -0.3 is 9.73 Å². The van der Waals surface area contributed by atoms with E-state index in [1.54, 1.807) is 43.3 Å². The van der Waals surface area contributed by atoms with Crippen molar-refractivity contribution in [3.05, 3.63) is 53.9 Å². The van der Waals surface area contributed by atoms with Crippen molar-refractivity contribution in [2.75, 3.05) is 5.32 Å². The summed E-state index contributed by atoms with van der Waals surface area (Å²) in [6.45, 7) is 5.63. The highest BCUT2D eigenvalue weighted by Crippen LogP contribution is 2.25. The van der Waals surface area contributed by atoms with Crippen LogP contribution in [0.4, 0.5) is 5.69 Å². The summed E-state index contributed by atoms with van der Waals surface area (Å²) in [5.41, 5.74) is 2.32. The van der Waals surface area contributed by atoms with Crippen LogP contribution in [-0.4, -0.2) is 31.2 Å². The van der Waals surface area contributed by atoms with Gasteiger partial charge in [0.2, 0.25) is 5.91 Å². The van der Waals surface area contributed by atoms with Crippen LogP contribution in [0.3, 0.4) is 0 Å². The number of rotatable bonds is 5. The quantitative estimate of drug-likeness (QED) is 0.650. The van der Waals surface area contributed by atoms with Crippen molar-refractivity contribution in [3.63, 3.8) is 0 Å². The van der Waals surface area contributed by atoms with Crippen molar-refractivity contribution in [1.82, 2.24) is 9.71 Å². The van der Waals surface area contributed by atoms with E-state index in [9.17, 15) is 13.2 Å². The fourth-order valence-corrected chi connectivity index (χ4v) is 4.61. The molecule has 0 saturated heterocycles. The van der Waals surface area contributed by atoms with Crippen LogP contribution in [0.2, 0.25) is 0 Å². The molecule has 8 nitrogen and oxygen atoms in total. The van der Waals surface area contributed by atoms with Gasteiger partial charge in [-0.3, -0.25) is 14.5 Å². The van der Waals surface area contributed by atoms with Crippen LogP contribution < -0.4 is 10.0 Å². The van der Waals surface area contributed by atoms with Gasteiger partial charge in [0.15, 0.2) is 11.5 Å². The van der Waals surface area contributed by atoms with Gasteiger partial charge in [0.05, 0.1) is 4.90 Å². The van der Waals surface area contributed by atoms with Gasteiger partial charge in [0, 0.05) is 24.2 Å². The summed E-state index contributed by atoms with van der Waals surface area (Å²) in [6.07, 6.45) is 0.698. The summed E-state index contributed by atoms with van der Waals surface area (Å²) in [7, 11) is -3.67. The molecule has 1 aliphatic heterocycles. The number of hydrogen-bond acceptors (Lipinski definition) is 6. The second-order valence-corrected chi connectivity index (χ2v) is 8.97. The minimum Gasteiger partial charge on any atom is -0.441 e. The van der Waals surface area contributed by atoms with E-state index in [4.69, 9.17) is 4.42 Å². The lowest BCUT2D eigenvalue weighted by molar-refractivity contribution is -0.118. The number of aryl methyl sites for hydroxylation is 1. The number of sulfonamides is 1. The summed E-state index contributed by atoms with van der Waals surface area (Å²) in [4.78, 5) is 22.0. The Morgan fingerprint density at radius 3 is 2.80 bits per heavy atom. The van der Waals surface area contributed by atoms with Crippen LogP contribution in [0.25, 0.3) is 11.1 Å². The molecular weight excluding hydrogens is 404 g/mol. The van der Waals surface area contributed by atoms with Crippen LogP contribution in [-0.2, 0) is 14.8 Å². The van der Waals surface area contributed by atoms with Crippen molar-refractivity contribution in [2.45, 2.75) is 38.1 Å². The lowest BCUT2D eigenvalue weighted by Gasteiger charge is -2.19. The third-order valence-corrected chi connectivity index (χ3v) is 6.54. The highest BCUT2D eigenvalue weighted by atomic mass is 32.2. The van der Waals surface area contributed by atoms with Crippen molar-refractivity contribution in [3.8, 4) is 0 Å². The van der Waals surface area contributed by atoms with E-state index in [-0.39, 0.29) is 22.6 Å². The van der Waals surface area contributed by atoms with Gasteiger partial charge in [-0.05, 0) is 30.2 Å². The number of amides is 1. The molecule has 4 rings (SSSR count). The van der Waals surface area contributed by atoms with E-state index < -0.39 is 16.1 Å². The highest BCUT2D eigenvalue weighted by molar-refractivity contribution is 7.90. The molecule has 0 bridgehead atoms. The summed E-state index contributed by atoms with van der Waals surface area (Å²) in [5.74, 6) is 0.305. The Balaban J connectivity index is 1.66. The molecule has 2 aromatic carbocycles. The first-order chi connectivity index (χ1) is 14.3. The fraction of sp³-hybridized carbons (Fsp3) is 0.286. The average molecular weight is 426 g/mol. The zero-order valence-corrected chi connectivity index (χ0v) is 17.7. The maximum Gasteiger partial charge on any atom is 0.263 e. The molecule has 2 N–H and O–H groups in total. The number of fused-ring (bicyclic) bond motifs is 2. The molecule has 2 atom stereocenters. The standard InChI is InChI=1S/C21H22N4O4S/c1-4-12(2)19(24-20-15-7-5-6-8-18(15)30(27,28)25-20)21(26)23-14-9-10-16-17(11-14)29-13(3)22-16/h5-12,19H,4H2,1-3H3,(H,23,26)(H,24,25)/t12-,19-/m0/s1. The van der Waals surface area contributed by atoms with Gasteiger partial charge in [-0.15, -0.1) is 0 Å². The maximum atomic E-state index is 13.1. The first-order valence-electron chi connectivity index (χ1n) is 9.66. The molecule has 1 aliphatic rings. The van der Waals surface area contributed by atoms with E-state index in [1.165, 1.54) is 6.07 Å².